The summed E-state index contributed by atoms with van der Waals surface area (Å²) in [5, 5.41) is 27.9. The maximum absolute atomic E-state index is 10.8. The van der Waals surface area contributed by atoms with Crippen molar-refractivity contribution in [2.24, 2.45) is 17.3 Å². The summed E-state index contributed by atoms with van der Waals surface area (Å²) in [7, 11) is 0. The van der Waals surface area contributed by atoms with Gasteiger partial charge < -0.3 is 15.3 Å². The molecule has 0 aromatic rings. The molecule has 1 aliphatic carbocycles. The van der Waals surface area contributed by atoms with Crippen LogP contribution in [-0.4, -0.2) is 34.5 Å². The number of allylic oxidation sites excluding steroid dienone is 2. The molecule has 2 atom stereocenters. The van der Waals surface area contributed by atoms with E-state index in [2.05, 4.69) is 20.4 Å². The first-order valence-corrected chi connectivity index (χ1v) is 6.62. The molecular formula is C15H24O4. The second-order valence-corrected chi connectivity index (χ2v) is 6.07. The standard InChI is InChI=1S/C15H24O4/c1-4-10-6-15(2,3)7-12(10)13(9-17)11(8-16)5-14(18)19/h4,10-11,16-17H,1,5-9H2,2-3H3,(H,18,19). The number of carboxylic acid groups (broad SMARTS) is 1. The summed E-state index contributed by atoms with van der Waals surface area (Å²) in [6.45, 7) is 7.67. The van der Waals surface area contributed by atoms with Crippen LogP contribution in [0, 0.1) is 17.3 Å². The summed E-state index contributed by atoms with van der Waals surface area (Å²) in [6, 6.07) is 0. The first-order chi connectivity index (χ1) is 8.84. The quantitative estimate of drug-likeness (QED) is 0.644. The Kier molecular flexibility index (Phi) is 5.32. The highest BCUT2D eigenvalue weighted by Gasteiger charge is 2.36. The van der Waals surface area contributed by atoms with E-state index in [9.17, 15) is 15.0 Å². The number of aliphatic hydroxyl groups excluding tert-OH is 2. The van der Waals surface area contributed by atoms with Crippen molar-refractivity contribution >= 4 is 5.97 Å². The smallest absolute Gasteiger partial charge is 0.304 e. The number of rotatable bonds is 6. The molecule has 3 N–H and O–H groups in total. The Balaban J connectivity index is 3.12. The molecule has 4 heteroatoms. The maximum atomic E-state index is 10.8. The number of carboxylic acids is 1. The van der Waals surface area contributed by atoms with Crippen LogP contribution in [0.2, 0.25) is 0 Å². The summed E-state index contributed by atoms with van der Waals surface area (Å²) in [4.78, 5) is 10.8. The summed E-state index contributed by atoms with van der Waals surface area (Å²) in [6.07, 6.45) is 3.46. The van der Waals surface area contributed by atoms with Gasteiger partial charge in [-0.15, -0.1) is 6.58 Å². The van der Waals surface area contributed by atoms with E-state index in [1.54, 1.807) is 0 Å². The van der Waals surface area contributed by atoms with Gasteiger partial charge in [0.2, 0.25) is 0 Å². The van der Waals surface area contributed by atoms with Crippen molar-refractivity contribution in [2.45, 2.75) is 33.1 Å². The van der Waals surface area contributed by atoms with Gasteiger partial charge in [0.05, 0.1) is 19.6 Å². The average Bonchev–Trinajstić information content (AvgIpc) is 2.63. The fraction of sp³-hybridized carbons (Fsp3) is 0.667. The third-order valence-electron chi connectivity index (χ3n) is 3.89. The van der Waals surface area contributed by atoms with Crippen LogP contribution < -0.4 is 0 Å². The number of aliphatic hydroxyl groups is 2. The molecular weight excluding hydrogens is 244 g/mol. The number of hydrogen-bond acceptors (Lipinski definition) is 3. The van der Waals surface area contributed by atoms with Gasteiger partial charge in [0, 0.05) is 5.92 Å². The van der Waals surface area contributed by atoms with Gasteiger partial charge in [-0.05, 0) is 29.7 Å². The fourth-order valence-corrected chi connectivity index (χ4v) is 3.02. The molecule has 0 heterocycles. The van der Waals surface area contributed by atoms with E-state index < -0.39 is 11.9 Å². The van der Waals surface area contributed by atoms with Crippen LogP contribution >= 0.6 is 0 Å². The Morgan fingerprint density at radius 2 is 2.16 bits per heavy atom. The fourth-order valence-electron chi connectivity index (χ4n) is 3.02. The molecule has 19 heavy (non-hydrogen) atoms. The van der Waals surface area contributed by atoms with Crippen LogP contribution in [0.4, 0.5) is 0 Å². The second kappa shape index (κ2) is 6.35. The zero-order valence-electron chi connectivity index (χ0n) is 11.7. The third-order valence-corrected chi connectivity index (χ3v) is 3.89. The van der Waals surface area contributed by atoms with Gasteiger partial charge in [-0.3, -0.25) is 4.79 Å². The lowest BCUT2D eigenvalue weighted by molar-refractivity contribution is -0.138. The van der Waals surface area contributed by atoms with Gasteiger partial charge in [-0.2, -0.15) is 0 Å². The first kappa shape index (κ1) is 15.9. The molecule has 0 amide bonds. The molecule has 1 rings (SSSR count). The minimum atomic E-state index is -0.960. The molecule has 0 radical (unpaired) electrons. The average molecular weight is 268 g/mol. The number of hydrogen-bond donors (Lipinski definition) is 3. The van der Waals surface area contributed by atoms with Gasteiger partial charge in [0.1, 0.15) is 0 Å². The zero-order valence-corrected chi connectivity index (χ0v) is 11.7. The normalized spacial score (nSPS) is 26.0. The Morgan fingerprint density at radius 1 is 1.53 bits per heavy atom. The predicted octanol–water partition coefficient (Wildman–Crippen LogP) is 1.98. The van der Waals surface area contributed by atoms with Crippen molar-refractivity contribution in [1.29, 1.82) is 0 Å². The van der Waals surface area contributed by atoms with Gasteiger partial charge in [-0.1, -0.05) is 25.5 Å². The predicted molar refractivity (Wildman–Crippen MR) is 73.6 cm³/mol. The van der Waals surface area contributed by atoms with Crippen LogP contribution in [0.5, 0.6) is 0 Å². The SMILES string of the molecule is C=CC1CC(C)(C)CC1=C(CO)C(CO)CC(=O)O. The molecule has 0 aromatic heterocycles. The minimum absolute atomic E-state index is 0.123. The minimum Gasteiger partial charge on any atom is -0.481 e. The largest absolute Gasteiger partial charge is 0.481 e. The van der Waals surface area contributed by atoms with E-state index in [0.717, 1.165) is 18.4 Å². The van der Waals surface area contributed by atoms with Crippen molar-refractivity contribution in [3.05, 3.63) is 23.8 Å². The van der Waals surface area contributed by atoms with Crippen molar-refractivity contribution < 1.29 is 20.1 Å². The molecule has 0 bridgehead atoms. The topological polar surface area (TPSA) is 77.8 Å². The molecule has 1 saturated carbocycles. The highest BCUT2D eigenvalue weighted by molar-refractivity contribution is 5.67. The third kappa shape index (κ3) is 3.91. The van der Waals surface area contributed by atoms with Gasteiger partial charge in [-0.25, -0.2) is 0 Å². The maximum Gasteiger partial charge on any atom is 0.304 e. The van der Waals surface area contributed by atoms with E-state index in [-0.39, 0.29) is 31.0 Å². The summed E-state index contributed by atoms with van der Waals surface area (Å²) < 4.78 is 0. The molecule has 108 valence electrons. The van der Waals surface area contributed by atoms with Crippen molar-refractivity contribution in [1.82, 2.24) is 0 Å². The van der Waals surface area contributed by atoms with E-state index in [0.29, 0.717) is 5.57 Å². The van der Waals surface area contributed by atoms with Crippen molar-refractivity contribution in [3.63, 3.8) is 0 Å². The van der Waals surface area contributed by atoms with Crippen molar-refractivity contribution in [2.75, 3.05) is 13.2 Å². The van der Waals surface area contributed by atoms with E-state index >= 15 is 0 Å². The Morgan fingerprint density at radius 3 is 2.58 bits per heavy atom. The summed E-state index contributed by atoms with van der Waals surface area (Å²) >= 11 is 0. The lowest BCUT2D eigenvalue weighted by Gasteiger charge is -2.20. The van der Waals surface area contributed by atoms with Crippen LogP contribution in [0.3, 0.4) is 0 Å². The lowest BCUT2D eigenvalue weighted by Crippen LogP contribution is -2.19. The van der Waals surface area contributed by atoms with Gasteiger partial charge in [0.15, 0.2) is 0 Å². The molecule has 4 nitrogen and oxygen atoms in total. The van der Waals surface area contributed by atoms with Crippen LogP contribution in [0.15, 0.2) is 23.8 Å². The lowest BCUT2D eigenvalue weighted by atomic mass is 9.87. The molecule has 2 unspecified atom stereocenters. The van der Waals surface area contributed by atoms with Crippen LogP contribution in [0.1, 0.15) is 33.1 Å². The van der Waals surface area contributed by atoms with Crippen LogP contribution in [0.25, 0.3) is 0 Å². The molecule has 1 aliphatic rings. The monoisotopic (exact) mass is 268 g/mol. The van der Waals surface area contributed by atoms with E-state index in [1.165, 1.54) is 0 Å². The van der Waals surface area contributed by atoms with Crippen LogP contribution in [-0.2, 0) is 4.79 Å². The molecule has 0 aliphatic heterocycles. The Bertz CT molecular complexity index is 382. The Hall–Kier alpha value is -1.13. The van der Waals surface area contributed by atoms with Crippen molar-refractivity contribution in [3.8, 4) is 0 Å². The first-order valence-electron chi connectivity index (χ1n) is 6.62. The molecule has 1 fully saturated rings. The summed E-state index contributed by atoms with van der Waals surface area (Å²) in [5.74, 6) is -1.30. The number of carbonyl (C=O) groups is 1. The summed E-state index contributed by atoms with van der Waals surface area (Å²) in [5.41, 5.74) is 1.86. The van der Waals surface area contributed by atoms with E-state index in [1.807, 2.05) is 6.08 Å². The highest BCUT2D eigenvalue weighted by Crippen LogP contribution is 2.47. The Labute approximate surface area is 114 Å². The molecule has 0 spiro atoms. The second-order valence-electron chi connectivity index (χ2n) is 6.07. The highest BCUT2D eigenvalue weighted by atomic mass is 16.4. The van der Waals surface area contributed by atoms with Gasteiger partial charge >= 0.3 is 5.97 Å². The molecule has 0 saturated heterocycles. The zero-order chi connectivity index (χ0) is 14.6. The number of aliphatic carboxylic acids is 1. The van der Waals surface area contributed by atoms with Gasteiger partial charge in [0.25, 0.3) is 0 Å². The van der Waals surface area contributed by atoms with E-state index in [4.69, 9.17) is 5.11 Å². The molecule has 0 aromatic carbocycles.